The molecule has 3 rings (SSSR count). The number of hydrogen-bond acceptors (Lipinski definition) is 4. The second kappa shape index (κ2) is 8.22. The molecule has 0 saturated carbocycles. The molecule has 0 spiro atoms. The summed E-state index contributed by atoms with van der Waals surface area (Å²) in [5.41, 5.74) is 2.25. The van der Waals surface area contributed by atoms with E-state index < -0.39 is 0 Å². The Morgan fingerprint density at radius 2 is 1.83 bits per heavy atom. The van der Waals surface area contributed by atoms with Crippen LogP contribution >= 0.6 is 11.8 Å². The van der Waals surface area contributed by atoms with Crippen molar-refractivity contribution in [2.75, 3.05) is 18.9 Å². The molecule has 4 nitrogen and oxygen atoms in total. The van der Waals surface area contributed by atoms with Gasteiger partial charge in [-0.15, -0.1) is 11.8 Å². The van der Waals surface area contributed by atoms with Crippen molar-refractivity contribution in [3.63, 3.8) is 0 Å². The van der Waals surface area contributed by atoms with Gasteiger partial charge >= 0.3 is 0 Å². The van der Waals surface area contributed by atoms with Gasteiger partial charge in [-0.25, -0.2) is 0 Å². The molecule has 1 aliphatic heterocycles. The second-order valence-electron chi connectivity index (χ2n) is 5.77. The number of nitrogens with zero attached hydrogens (tertiary/aromatic N) is 1. The lowest BCUT2D eigenvalue weighted by Gasteiger charge is -2.24. The number of benzene rings is 2. The van der Waals surface area contributed by atoms with Crippen molar-refractivity contribution in [3.8, 4) is 5.75 Å². The number of ether oxygens (including phenoxy) is 1. The number of amides is 1. The molecule has 1 atom stereocenters. The van der Waals surface area contributed by atoms with Crippen molar-refractivity contribution in [2.24, 2.45) is 0 Å². The molecule has 1 amide bonds. The Labute approximate surface area is 146 Å². The summed E-state index contributed by atoms with van der Waals surface area (Å²) in [5, 5.41) is 9.41. The molecule has 0 bridgehead atoms. The molecule has 0 aliphatic carbocycles. The lowest BCUT2D eigenvalue weighted by Crippen LogP contribution is -2.37. The molecule has 126 valence electrons. The zero-order valence-electron chi connectivity index (χ0n) is 13.4. The lowest BCUT2D eigenvalue weighted by molar-refractivity contribution is -0.128. The summed E-state index contributed by atoms with van der Waals surface area (Å²) >= 11 is 1.64. The van der Waals surface area contributed by atoms with Crippen LogP contribution in [-0.4, -0.2) is 40.2 Å². The standard InChI is InChI=1S/C19H21NO3S/c21-17-8-6-15(7-9-17)10-11-20-18(22)14-24-19(20)13-23-12-16-4-2-1-3-5-16/h1-9,19,21H,10-14H2. The van der Waals surface area contributed by atoms with Gasteiger partial charge in [0, 0.05) is 6.54 Å². The van der Waals surface area contributed by atoms with Gasteiger partial charge in [-0.05, 0) is 29.7 Å². The van der Waals surface area contributed by atoms with Crippen molar-refractivity contribution in [2.45, 2.75) is 18.4 Å². The SMILES string of the molecule is O=C1CSC(COCc2ccccc2)N1CCc1ccc(O)cc1. The predicted molar refractivity (Wildman–Crippen MR) is 95.9 cm³/mol. The third kappa shape index (κ3) is 4.52. The third-order valence-electron chi connectivity index (χ3n) is 4.02. The fraction of sp³-hybridized carbons (Fsp3) is 0.316. The van der Waals surface area contributed by atoms with Crippen molar-refractivity contribution < 1.29 is 14.6 Å². The first-order valence-electron chi connectivity index (χ1n) is 8.03. The van der Waals surface area contributed by atoms with Crippen LogP contribution in [0, 0.1) is 0 Å². The van der Waals surface area contributed by atoms with Crippen LogP contribution in [-0.2, 0) is 22.6 Å². The maximum atomic E-state index is 12.1. The van der Waals surface area contributed by atoms with E-state index >= 15 is 0 Å². The molecule has 1 saturated heterocycles. The normalized spacial score (nSPS) is 17.4. The van der Waals surface area contributed by atoms with Gasteiger partial charge < -0.3 is 14.7 Å². The van der Waals surface area contributed by atoms with Crippen LogP contribution in [0.4, 0.5) is 0 Å². The molecule has 5 heteroatoms. The summed E-state index contributed by atoms with van der Waals surface area (Å²) in [4.78, 5) is 14.0. The van der Waals surface area contributed by atoms with Crippen LogP contribution < -0.4 is 0 Å². The van der Waals surface area contributed by atoms with Crippen molar-refractivity contribution in [1.29, 1.82) is 0 Å². The average Bonchev–Trinajstić information content (AvgIpc) is 2.95. The highest BCUT2D eigenvalue weighted by atomic mass is 32.2. The fourth-order valence-corrected chi connectivity index (χ4v) is 3.77. The van der Waals surface area contributed by atoms with Gasteiger partial charge in [0.1, 0.15) is 11.1 Å². The van der Waals surface area contributed by atoms with Crippen LogP contribution in [0.3, 0.4) is 0 Å². The minimum atomic E-state index is 0.0818. The van der Waals surface area contributed by atoms with Crippen LogP contribution in [0.2, 0.25) is 0 Å². The zero-order chi connectivity index (χ0) is 16.8. The number of carbonyl (C=O) groups excluding carboxylic acids is 1. The summed E-state index contributed by atoms with van der Waals surface area (Å²) in [6.07, 6.45) is 0.780. The average molecular weight is 343 g/mol. The minimum absolute atomic E-state index is 0.0818. The van der Waals surface area contributed by atoms with E-state index in [1.807, 2.05) is 47.4 Å². The predicted octanol–water partition coefficient (Wildman–Crippen LogP) is 3.05. The van der Waals surface area contributed by atoms with Crippen molar-refractivity contribution in [3.05, 3.63) is 65.7 Å². The second-order valence-corrected chi connectivity index (χ2v) is 6.94. The maximum absolute atomic E-state index is 12.1. The summed E-state index contributed by atoms with van der Waals surface area (Å²) in [6, 6.07) is 17.2. The zero-order valence-corrected chi connectivity index (χ0v) is 14.2. The van der Waals surface area contributed by atoms with Gasteiger partial charge in [0.2, 0.25) is 5.91 Å². The van der Waals surface area contributed by atoms with E-state index in [9.17, 15) is 9.90 Å². The number of carbonyl (C=O) groups is 1. The van der Waals surface area contributed by atoms with Gasteiger partial charge in [-0.1, -0.05) is 42.5 Å². The Hall–Kier alpha value is -1.98. The van der Waals surface area contributed by atoms with Crippen LogP contribution in [0.15, 0.2) is 54.6 Å². The number of thioether (sulfide) groups is 1. The van der Waals surface area contributed by atoms with E-state index in [-0.39, 0.29) is 17.0 Å². The topological polar surface area (TPSA) is 49.8 Å². The Balaban J connectivity index is 1.49. The van der Waals surface area contributed by atoms with Gasteiger partial charge in [-0.2, -0.15) is 0 Å². The molecule has 24 heavy (non-hydrogen) atoms. The molecule has 1 aliphatic rings. The van der Waals surface area contributed by atoms with Gasteiger partial charge in [0.15, 0.2) is 0 Å². The number of phenols is 1. The van der Waals surface area contributed by atoms with Gasteiger partial charge in [0.25, 0.3) is 0 Å². The molecule has 1 heterocycles. The molecule has 1 fully saturated rings. The van der Waals surface area contributed by atoms with Crippen LogP contribution in [0.25, 0.3) is 0 Å². The first kappa shape index (κ1) is 16.9. The van der Waals surface area contributed by atoms with E-state index in [0.29, 0.717) is 25.5 Å². The Bertz CT molecular complexity index is 660. The molecular weight excluding hydrogens is 322 g/mol. The van der Waals surface area contributed by atoms with Crippen molar-refractivity contribution >= 4 is 17.7 Å². The highest BCUT2D eigenvalue weighted by Crippen LogP contribution is 2.25. The highest BCUT2D eigenvalue weighted by molar-refractivity contribution is 8.01. The van der Waals surface area contributed by atoms with Gasteiger partial charge in [-0.3, -0.25) is 4.79 Å². The summed E-state index contributed by atoms with van der Waals surface area (Å²) < 4.78 is 5.80. The quantitative estimate of drug-likeness (QED) is 0.839. The van der Waals surface area contributed by atoms with E-state index in [1.165, 1.54) is 0 Å². The summed E-state index contributed by atoms with van der Waals surface area (Å²) in [6.45, 7) is 1.79. The fourth-order valence-electron chi connectivity index (χ4n) is 2.67. The molecular formula is C19H21NO3S. The largest absolute Gasteiger partial charge is 0.508 e. The van der Waals surface area contributed by atoms with Crippen molar-refractivity contribution in [1.82, 2.24) is 4.90 Å². The van der Waals surface area contributed by atoms with E-state index in [4.69, 9.17) is 4.74 Å². The Morgan fingerprint density at radius 3 is 2.58 bits per heavy atom. The van der Waals surface area contributed by atoms with Crippen LogP contribution in [0.1, 0.15) is 11.1 Å². The Morgan fingerprint density at radius 1 is 1.08 bits per heavy atom. The smallest absolute Gasteiger partial charge is 0.233 e. The first-order chi connectivity index (χ1) is 11.7. The molecule has 2 aromatic rings. The third-order valence-corrected chi connectivity index (χ3v) is 5.21. The first-order valence-corrected chi connectivity index (χ1v) is 9.08. The van der Waals surface area contributed by atoms with E-state index in [2.05, 4.69) is 0 Å². The molecule has 1 unspecified atom stereocenters. The summed E-state index contributed by atoms with van der Waals surface area (Å²) in [7, 11) is 0. The summed E-state index contributed by atoms with van der Waals surface area (Å²) in [5.74, 6) is 0.959. The maximum Gasteiger partial charge on any atom is 0.233 e. The number of hydrogen-bond donors (Lipinski definition) is 1. The molecule has 0 aromatic heterocycles. The molecule has 2 aromatic carbocycles. The molecule has 1 N–H and O–H groups in total. The van der Waals surface area contributed by atoms with E-state index in [0.717, 1.165) is 17.5 Å². The number of phenolic OH excluding ortho intramolecular Hbond substituents is 1. The van der Waals surface area contributed by atoms with Gasteiger partial charge in [0.05, 0.1) is 19.0 Å². The van der Waals surface area contributed by atoms with E-state index in [1.54, 1.807) is 23.9 Å². The van der Waals surface area contributed by atoms with Crippen LogP contribution in [0.5, 0.6) is 5.75 Å². The Kier molecular flexibility index (Phi) is 5.77. The number of rotatable bonds is 7. The lowest BCUT2D eigenvalue weighted by atomic mass is 10.1. The highest BCUT2D eigenvalue weighted by Gasteiger charge is 2.31. The monoisotopic (exact) mass is 343 g/mol. The number of aromatic hydroxyl groups is 1. The minimum Gasteiger partial charge on any atom is -0.508 e. The molecule has 0 radical (unpaired) electrons.